The SMILES string of the molecule is CC1(C)CCC(CN2CCCC(CCCl)C2)O1. The van der Waals surface area contributed by atoms with E-state index in [4.69, 9.17) is 16.3 Å². The first-order valence-electron chi connectivity index (χ1n) is 7.05. The van der Waals surface area contributed by atoms with Gasteiger partial charge in [0, 0.05) is 19.0 Å². The largest absolute Gasteiger partial charge is 0.371 e. The Bertz CT molecular complexity index is 242. The molecule has 0 aromatic rings. The summed E-state index contributed by atoms with van der Waals surface area (Å²) in [7, 11) is 0. The maximum Gasteiger partial charge on any atom is 0.0710 e. The Morgan fingerprint density at radius 2 is 2.18 bits per heavy atom. The van der Waals surface area contributed by atoms with E-state index in [1.807, 2.05) is 0 Å². The highest BCUT2D eigenvalue weighted by atomic mass is 35.5. The van der Waals surface area contributed by atoms with Crippen LogP contribution < -0.4 is 0 Å². The predicted octanol–water partition coefficient (Wildman–Crippen LogP) is 3.28. The van der Waals surface area contributed by atoms with Crippen molar-refractivity contribution in [2.75, 3.05) is 25.5 Å². The summed E-state index contributed by atoms with van der Waals surface area (Å²) in [5.41, 5.74) is 0.107. The second-order valence-corrected chi connectivity index (χ2v) is 6.66. The minimum atomic E-state index is 0.107. The Morgan fingerprint density at radius 1 is 1.35 bits per heavy atom. The normalized spacial score (nSPS) is 34.1. The van der Waals surface area contributed by atoms with Crippen LogP contribution in [0.2, 0.25) is 0 Å². The lowest BCUT2D eigenvalue weighted by Crippen LogP contribution is -2.40. The molecule has 2 atom stereocenters. The van der Waals surface area contributed by atoms with Crippen molar-refractivity contribution in [3.8, 4) is 0 Å². The van der Waals surface area contributed by atoms with E-state index in [0.29, 0.717) is 6.10 Å². The highest BCUT2D eigenvalue weighted by molar-refractivity contribution is 6.17. The molecule has 3 heteroatoms. The third kappa shape index (κ3) is 4.11. The van der Waals surface area contributed by atoms with E-state index < -0.39 is 0 Å². The first-order chi connectivity index (χ1) is 8.09. The van der Waals surface area contributed by atoms with Crippen molar-refractivity contribution in [2.45, 2.75) is 57.7 Å². The van der Waals surface area contributed by atoms with E-state index in [0.717, 1.165) is 18.3 Å². The van der Waals surface area contributed by atoms with Crippen LogP contribution in [0.5, 0.6) is 0 Å². The molecule has 2 saturated heterocycles. The third-order valence-corrected chi connectivity index (χ3v) is 4.35. The Balaban J connectivity index is 1.75. The van der Waals surface area contributed by atoms with Crippen molar-refractivity contribution >= 4 is 11.6 Å². The number of rotatable bonds is 4. The molecule has 0 aliphatic carbocycles. The third-order valence-electron chi connectivity index (χ3n) is 4.14. The molecule has 100 valence electrons. The molecule has 2 aliphatic heterocycles. The first-order valence-corrected chi connectivity index (χ1v) is 7.59. The van der Waals surface area contributed by atoms with E-state index in [-0.39, 0.29) is 5.60 Å². The van der Waals surface area contributed by atoms with Crippen LogP contribution >= 0.6 is 11.6 Å². The quantitative estimate of drug-likeness (QED) is 0.719. The molecule has 0 aromatic carbocycles. The monoisotopic (exact) mass is 259 g/mol. The van der Waals surface area contributed by atoms with Crippen LogP contribution in [0.25, 0.3) is 0 Å². The molecule has 0 N–H and O–H groups in total. The van der Waals surface area contributed by atoms with Gasteiger partial charge in [-0.2, -0.15) is 0 Å². The Hall–Kier alpha value is 0.210. The highest BCUT2D eigenvalue weighted by Gasteiger charge is 2.33. The fourth-order valence-electron chi connectivity index (χ4n) is 3.20. The zero-order chi connectivity index (χ0) is 12.3. The minimum absolute atomic E-state index is 0.107. The Kier molecular flexibility index (Phi) is 4.73. The molecule has 0 bridgehead atoms. The van der Waals surface area contributed by atoms with Crippen LogP contribution in [0, 0.1) is 5.92 Å². The van der Waals surface area contributed by atoms with Gasteiger partial charge in [-0.1, -0.05) is 0 Å². The summed E-state index contributed by atoms with van der Waals surface area (Å²) in [6.07, 6.45) is 6.76. The molecule has 0 spiro atoms. The molecule has 0 amide bonds. The molecule has 0 radical (unpaired) electrons. The number of hydrogen-bond donors (Lipinski definition) is 0. The molecule has 0 aromatic heterocycles. The number of ether oxygens (including phenoxy) is 1. The van der Waals surface area contributed by atoms with Crippen LogP contribution in [0.1, 0.15) is 46.0 Å². The molecule has 2 rings (SSSR count). The van der Waals surface area contributed by atoms with Crippen LogP contribution in [0.4, 0.5) is 0 Å². The number of halogens is 1. The summed E-state index contributed by atoms with van der Waals surface area (Å²) in [5.74, 6) is 1.63. The van der Waals surface area contributed by atoms with Crippen molar-refractivity contribution in [3.63, 3.8) is 0 Å². The maximum atomic E-state index is 6.08. The van der Waals surface area contributed by atoms with Gasteiger partial charge in [-0.25, -0.2) is 0 Å². The lowest BCUT2D eigenvalue weighted by atomic mass is 9.95. The van der Waals surface area contributed by atoms with Gasteiger partial charge in [-0.3, -0.25) is 0 Å². The summed E-state index contributed by atoms with van der Waals surface area (Å²) in [6.45, 7) is 8.02. The van der Waals surface area contributed by atoms with Gasteiger partial charge in [-0.05, 0) is 58.4 Å². The second-order valence-electron chi connectivity index (χ2n) is 6.28. The summed E-state index contributed by atoms with van der Waals surface area (Å²) >= 11 is 5.85. The fourth-order valence-corrected chi connectivity index (χ4v) is 3.51. The van der Waals surface area contributed by atoms with Gasteiger partial charge in [0.1, 0.15) is 0 Å². The standard InChI is InChI=1S/C14H26ClNO/c1-14(2)7-5-13(17-14)11-16-9-3-4-12(10-16)6-8-15/h12-13H,3-11H2,1-2H3. The lowest BCUT2D eigenvalue weighted by Gasteiger charge is -2.34. The topological polar surface area (TPSA) is 12.5 Å². The average Bonchev–Trinajstić information content (AvgIpc) is 2.59. The van der Waals surface area contributed by atoms with Gasteiger partial charge in [0.2, 0.25) is 0 Å². The molecule has 17 heavy (non-hydrogen) atoms. The van der Waals surface area contributed by atoms with Crippen molar-refractivity contribution in [1.29, 1.82) is 0 Å². The first kappa shape index (κ1) is 13.6. The van der Waals surface area contributed by atoms with E-state index in [2.05, 4.69) is 18.7 Å². The molecule has 2 heterocycles. The summed E-state index contributed by atoms with van der Waals surface area (Å²) in [6, 6.07) is 0. The number of alkyl halides is 1. The van der Waals surface area contributed by atoms with E-state index in [1.54, 1.807) is 0 Å². The predicted molar refractivity (Wildman–Crippen MR) is 72.7 cm³/mol. The second kappa shape index (κ2) is 5.90. The fraction of sp³-hybridized carbons (Fsp3) is 1.00. The Labute approximate surface area is 111 Å². The number of piperidine rings is 1. The van der Waals surface area contributed by atoms with E-state index >= 15 is 0 Å². The van der Waals surface area contributed by atoms with Crippen molar-refractivity contribution < 1.29 is 4.74 Å². The van der Waals surface area contributed by atoms with Gasteiger partial charge >= 0.3 is 0 Å². The lowest BCUT2D eigenvalue weighted by molar-refractivity contribution is -0.0329. The zero-order valence-electron chi connectivity index (χ0n) is 11.3. The molecule has 2 aliphatic rings. The molecule has 2 unspecified atom stereocenters. The highest BCUT2D eigenvalue weighted by Crippen LogP contribution is 2.30. The number of hydrogen-bond acceptors (Lipinski definition) is 2. The molecule has 0 saturated carbocycles. The molecular formula is C14H26ClNO. The van der Waals surface area contributed by atoms with Crippen molar-refractivity contribution in [3.05, 3.63) is 0 Å². The van der Waals surface area contributed by atoms with Crippen LogP contribution in [0.3, 0.4) is 0 Å². The van der Waals surface area contributed by atoms with Gasteiger partial charge in [-0.15, -0.1) is 11.6 Å². The number of likely N-dealkylation sites (tertiary alicyclic amines) is 1. The Morgan fingerprint density at radius 3 is 2.82 bits per heavy atom. The summed E-state index contributed by atoms with van der Waals surface area (Å²) in [5, 5.41) is 0. The van der Waals surface area contributed by atoms with Crippen molar-refractivity contribution in [1.82, 2.24) is 4.90 Å². The zero-order valence-corrected chi connectivity index (χ0v) is 12.0. The van der Waals surface area contributed by atoms with Crippen LogP contribution in [-0.2, 0) is 4.74 Å². The van der Waals surface area contributed by atoms with Gasteiger partial charge in [0.05, 0.1) is 11.7 Å². The summed E-state index contributed by atoms with van der Waals surface area (Å²) < 4.78 is 6.08. The van der Waals surface area contributed by atoms with Crippen LogP contribution in [-0.4, -0.2) is 42.1 Å². The maximum absolute atomic E-state index is 6.08. The average molecular weight is 260 g/mol. The minimum Gasteiger partial charge on any atom is -0.371 e. The summed E-state index contributed by atoms with van der Waals surface area (Å²) in [4.78, 5) is 2.59. The van der Waals surface area contributed by atoms with Gasteiger partial charge < -0.3 is 9.64 Å². The molecule has 2 fully saturated rings. The van der Waals surface area contributed by atoms with Gasteiger partial charge in [0.15, 0.2) is 0 Å². The van der Waals surface area contributed by atoms with Gasteiger partial charge in [0.25, 0.3) is 0 Å². The van der Waals surface area contributed by atoms with Crippen LogP contribution in [0.15, 0.2) is 0 Å². The molecular weight excluding hydrogens is 234 g/mol. The van der Waals surface area contributed by atoms with Crippen molar-refractivity contribution in [2.24, 2.45) is 5.92 Å². The molecule has 2 nitrogen and oxygen atoms in total. The number of nitrogens with zero attached hydrogens (tertiary/aromatic N) is 1. The van der Waals surface area contributed by atoms with E-state index in [1.165, 1.54) is 45.2 Å². The smallest absolute Gasteiger partial charge is 0.0710 e. The van der Waals surface area contributed by atoms with E-state index in [9.17, 15) is 0 Å².